The lowest BCUT2D eigenvalue weighted by atomic mass is 10.1. The highest BCUT2D eigenvalue weighted by molar-refractivity contribution is 9.10. The number of ether oxygens (including phenoxy) is 2. The first-order valence-corrected chi connectivity index (χ1v) is 7.48. The third-order valence-electron chi connectivity index (χ3n) is 2.46. The molecule has 0 aliphatic rings. The lowest BCUT2D eigenvalue weighted by Crippen LogP contribution is -2.41. The minimum Gasteiger partial charge on any atom is -0.486 e. The number of rotatable bonds is 5. The maximum absolute atomic E-state index is 13.4. The van der Waals surface area contributed by atoms with E-state index in [9.17, 15) is 14.0 Å². The van der Waals surface area contributed by atoms with Crippen LogP contribution in [0.2, 0.25) is 0 Å². The summed E-state index contributed by atoms with van der Waals surface area (Å²) >= 11 is 2.99. The standard InChI is InChI=1S/C15H19BrFNO4/c1-9(8-21-14(20)18-15(2,3)4)22-12-6-5-11(17)13(16)10(12)7-19/h5-7,9H,8H2,1-4H3,(H,18,20). The molecule has 1 aromatic carbocycles. The van der Waals surface area contributed by atoms with Crippen LogP contribution in [0.3, 0.4) is 0 Å². The minimum absolute atomic E-state index is 0.00476. The van der Waals surface area contributed by atoms with Crippen LogP contribution in [0.25, 0.3) is 0 Å². The fourth-order valence-corrected chi connectivity index (χ4v) is 1.97. The predicted molar refractivity (Wildman–Crippen MR) is 83.8 cm³/mol. The van der Waals surface area contributed by atoms with Gasteiger partial charge in [-0.2, -0.15) is 0 Å². The van der Waals surface area contributed by atoms with E-state index in [1.54, 1.807) is 6.92 Å². The topological polar surface area (TPSA) is 64.6 Å². The summed E-state index contributed by atoms with van der Waals surface area (Å²) in [7, 11) is 0. The molecule has 0 saturated heterocycles. The molecule has 122 valence electrons. The molecule has 1 rings (SSSR count). The molecule has 0 aromatic heterocycles. The third kappa shape index (κ3) is 5.63. The van der Waals surface area contributed by atoms with Gasteiger partial charge in [0.25, 0.3) is 0 Å². The van der Waals surface area contributed by atoms with Gasteiger partial charge >= 0.3 is 6.09 Å². The van der Waals surface area contributed by atoms with E-state index >= 15 is 0 Å². The number of alkyl carbamates (subject to hydrolysis) is 1. The van der Waals surface area contributed by atoms with Gasteiger partial charge in [-0.3, -0.25) is 4.79 Å². The van der Waals surface area contributed by atoms with Crippen molar-refractivity contribution >= 4 is 28.3 Å². The van der Waals surface area contributed by atoms with Crippen molar-refractivity contribution < 1.29 is 23.5 Å². The molecule has 1 N–H and O–H groups in total. The Kier molecular flexibility index (Phi) is 6.34. The van der Waals surface area contributed by atoms with E-state index in [1.807, 2.05) is 20.8 Å². The van der Waals surface area contributed by atoms with Crippen LogP contribution in [0.4, 0.5) is 9.18 Å². The molecule has 0 spiro atoms. The largest absolute Gasteiger partial charge is 0.486 e. The molecule has 0 aliphatic carbocycles. The molecule has 1 atom stereocenters. The number of benzene rings is 1. The Morgan fingerprint density at radius 3 is 2.64 bits per heavy atom. The van der Waals surface area contributed by atoms with Crippen molar-refractivity contribution in [1.82, 2.24) is 5.32 Å². The van der Waals surface area contributed by atoms with Gasteiger partial charge in [0.2, 0.25) is 0 Å². The van der Waals surface area contributed by atoms with Crippen molar-refractivity contribution in [3.63, 3.8) is 0 Å². The summed E-state index contributed by atoms with van der Waals surface area (Å²) in [4.78, 5) is 22.6. The predicted octanol–water partition coefficient (Wildman–Crippen LogP) is 3.69. The number of hydrogen-bond acceptors (Lipinski definition) is 4. The summed E-state index contributed by atoms with van der Waals surface area (Å²) in [5, 5.41) is 2.65. The molecule has 1 unspecified atom stereocenters. The number of aldehydes is 1. The molecule has 1 amide bonds. The van der Waals surface area contributed by atoms with Gasteiger partial charge in [-0.25, -0.2) is 9.18 Å². The number of hydrogen-bond donors (Lipinski definition) is 1. The molecule has 7 heteroatoms. The quantitative estimate of drug-likeness (QED) is 0.797. The summed E-state index contributed by atoms with van der Waals surface area (Å²) < 4.78 is 23.9. The van der Waals surface area contributed by atoms with E-state index in [-0.39, 0.29) is 22.4 Å². The monoisotopic (exact) mass is 375 g/mol. The Labute approximate surface area is 137 Å². The van der Waals surface area contributed by atoms with Gasteiger partial charge in [-0.1, -0.05) is 0 Å². The molecule has 0 aliphatic heterocycles. The highest BCUT2D eigenvalue weighted by Gasteiger charge is 2.17. The van der Waals surface area contributed by atoms with Crippen LogP contribution < -0.4 is 10.1 Å². The van der Waals surface area contributed by atoms with Crippen molar-refractivity contribution in [1.29, 1.82) is 0 Å². The highest BCUT2D eigenvalue weighted by atomic mass is 79.9. The fourth-order valence-electron chi connectivity index (χ4n) is 1.55. The zero-order chi connectivity index (χ0) is 16.9. The zero-order valence-electron chi connectivity index (χ0n) is 12.9. The van der Waals surface area contributed by atoms with Crippen molar-refractivity contribution in [3.05, 3.63) is 28.0 Å². The second-order valence-electron chi connectivity index (χ2n) is 5.79. The lowest BCUT2D eigenvalue weighted by molar-refractivity contribution is 0.0846. The first kappa shape index (κ1) is 18.4. The van der Waals surface area contributed by atoms with E-state index in [2.05, 4.69) is 21.2 Å². The summed E-state index contributed by atoms with van der Waals surface area (Å²) in [6, 6.07) is 2.54. The van der Waals surface area contributed by atoms with Gasteiger partial charge in [0.1, 0.15) is 24.3 Å². The number of amides is 1. The average Bonchev–Trinajstić information content (AvgIpc) is 2.39. The molecule has 0 saturated carbocycles. The molecule has 1 aromatic rings. The maximum Gasteiger partial charge on any atom is 0.407 e. The fraction of sp³-hybridized carbons (Fsp3) is 0.467. The normalized spacial score (nSPS) is 12.5. The molecule has 0 radical (unpaired) electrons. The van der Waals surface area contributed by atoms with Crippen molar-refractivity contribution in [2.24, 2.45) is 0 Å². The molecule has 0 bridgehead atoms. The van der Waals surface area contributed by atoms with Crippen molar-refractivity contribution in [3.8, 4) is 5.75 Å². The van der Waals surface area contributed by atoms with Gasteiger partial charge < -0.3 is 14.8 Å². The smallest absolute Gasteiger partial charge is 0.407 e. The molecule has 0 fully saturated rings. The SMILES string of the molecule is CC(COC(=O)NC(C)(C)C)Oc1ccc(F)c(Br)c1C=O. The molecular weight excluding hydrogens is 357 g/mol. The van der Waals surface area contributed by atoms with E-state index < -0.39 is 23.6 Å². The van der Waals surface area contributed by atoms with Crippen LogP contribution in [0.5, 0.6) is 5.75 Å². The Bertz CT molecular complexity index is 557. The van der Waals surface area contributed by atoms with Crippen LogP contribution in [0, 0.1) is 5.82 Å². The van der Waals surface area contributed by atoms with E-state index in [1.165, 1.54) is 12.1 Å². The summed E-state index contributed by atoms with van der Waals surface area (Å²) in [5.74, 6) is -0.335. The van der Waals surface area contributed by atoms with Crippen LogP contribution in [-0.2, 0) is 4.74 Å². The lowest BCUT2D eigenvalue weighted by Gasteiger charge is -2.21. The number of nitrogens with one attached hydrogen (secondary N) is 1. The van der Waals surface area contributed by atoms with Crippen molar-refractivity contribution in [2.75, 3.05) is 6.61 Å². The Morgan fingerprint density at radius 1 is 1.45 bits per heavy atom. The summed E-state index contributed by atoms with van der Waals surface area (Å²) in [6.07, 6.45) is -0.553. The number of carbonyl (C=O) groups excluding carboxylic acids is 2. The highest BCUT2D eigenvalue weighted by Crippen LogP contribution is 2.28. The zero-order valence-corrected chi connectivity index (χ0v) is 14.5. The Hall–Kier alpha value is -1.63. The van der Waals surface area contributed by atoms with Gasteiger partial charge in [-0.05, 0) is 55.8 Å². The first-order valence-electron chi connectivity index (χ1n) is 6.69. The van der Waals surface area contributed by atoms with Gasteiger partial charge in [0.05, 0.1) is 10.0 Å². The van der Waals surface area contributed by atoms with Crippen LogP contribution in [-0.4, -0.2) is 30.6 Å². The molecule has 0 heterocycles. The Morgan fingerprint density at radius 2 is 2.09 bits per heavy atom. The minimum atomic E-state index is -0.557. The van der Waals surface area contributed by atoms with Crippen LogP contribution >= 0.6 is 15.9 Å². The summed E-state index contributed by atoms with van der Waals surface area (Å²) in [6.45, 7) is 7.17. The third-order valence-corrected chi connectivity index (χ3v) is 3.27. The first-order chi connectivity index (χ1) is 10.1. The van der Waals surface area contributed by atoms with Crippen LogP contribution in [0.15, 0.2) is 16.6 Å². The van der Waals surface area contributed by atoms with E-state index in [0.29, 0.717) is 6.29 Å². The second kappa shape index (κ2) is 7.58. The molecule has 22 heavy (non-hydrogen) atoms. The van der Waals surface area contributed by atoms with Crippen molar-refractivity contribution in [2.45, 2.75) is 39.3 Å². The average molecular weight is 376 g/mol. The van der Waals surface area contributed by atoms with Gasteiger partial charge in [0.15, 0.2) is 6.29 Å². The number of carbonyl (C=O) groups is 2. The van der Waals surface area contributed by atoms with E-state index in [4.69, 9.17) is 9.47 Å². The second-order valence-corrected chi connectivity index (χ2v) is 6.59. The van der Waals surface area contributed by atoms with E-state index in [0.717, 1.165) is 0 Å². The number of halogens is 2. The molecule has 5 nitrogen and oxygen atoms in total. The van der Waals surface area contributed by atoms with Gasteiger partial charge in [-0.15, -0.1) is 0 Å². The Balaban J connectivity index is 2.63. The van der Waals surface area contributed by atoms with Crippen LogP contribution in [0.1, 0.15) is 38.1 Å². The molecular formula is C15H19BrFNO4. The summed E-state index contributed by atoms with van der Waals surface area (Å²) in [5.41, 5.74) is -0.320. The maximum atomic E-state index is 13.4. The van der Waals surface area contributed by atoms with Gasteiger partial charge in [0, 0.05) is 5.54 Å².